The van der Waals surface area contributed by atoms with Crippen molar-refractivity contribution in [2.24, 2.45) is 0 Å². The van der Waals surface area contributed by atoms with Crippen LogP contribution in [0.4, 0.5) is 0 Å². The molecule has 0 unspecified atom stereocenters. The monoisotopic (exact) mass is 219 g/mol. The topological polar surface area (TPSA) is 28.7 Å². The Hall–Kier alpha value is -2.35. The molecule has 3 rings (SSSR count). The maximum atomic E-state index is 4.29. The number of aromatic amines is 1. The van der Waals surface area contributed by atoms with Gasteiger partial charge >= 0.3 is 0 Å². The SMILES string of the molecule is [c]1cccc(-c2ccccc2)c1-c1ncc[nH]1. The highest BCUT2D eigenvalue weighted by molar-refractivity contribution is 5.79. The summed E-state index contributed by atoms with van der Waals surface area (Å²) in [6.07, 6.45) is 3.58. The molecule has 0 saturated heterocycles. The highest BCUT2D eigenvalue weighted by Crippen LogP contribution is 2.28. The van der Waals surface area contributed by atoms with Gasteiger partial charge in [0, 0.05) is 18.0 Å². The van der Waals surface area contributed by atoms with Crippen LogP contribution in [0.1, 0.15) is 0 Å². The van der Waals surface area contributed by atoms with Crippen molar-refractivity contribution in [1.29, 1.82) is 0 Å². The molecular formula is C15H11N2. The molecule has 2 heteroatoms. The number of benzene rings is 2. The van der Waals surface area contributed by atoms with Gasteiger partial charge in [-0.05, 0) is 17.2 Å². The fourth-order valence-electron chi connectivity index (χ4n) is 1.89. The molecule has 1 N–H and O–H groups in total. The second-order valence-corrected chi connectivity index (χ2v) is 3.76. The van der Waals surface area contributed by atoms with E-state index in [1.54, 1.807) is 6.20 Å². The van der Waals surface area contributed by atoms with Gasteiger partial charge in [0.05, 0.1) is 0 Å². The van der Waals surface area contributed by atoms with Crippen LogP contribution in [0.3, 0.4) is 0 Å². The molecule has 1 radical (unpaired) electrons. The standard InChI is InChI=1S/C15H11N2/c1-2-6-12(7-3-1)13-8-4-5-9-14(13)15-16-10-11-17-15/h1-8,10-11H,(H,16,17). The molecule has 17 heavy (non-hydrogen) atoms. The van der Waals surface area contributed by atoms with Crippen LogP contribution in [0.2, 0.25) is 0 Å². The highest BCUT2D eigenvalue weighted by atomic mass is 14.9. The summed E-state index contributed by atoms with van der Waals surface area (Å²) in [5, 5.41) is 0. The molecule has 0 aliphatic carbocycles. The van der Waals surface area contributed by atoms with Crippen LogP contribution in [0.15, 0.2) is 60.9 Å². The predicted octanol–water partition coefficient (Wildman–Crippen LogP) is 3.54. The number of rotatable bonds is 2. The van der Waals surface area contributed by atoms with Crippen LogP contribution in [0.25, 0.3) is 22.5 Å². The first kappa shape index (κ1) is 9.85. The van der Waals surface area contributed by atoms with Crippen molar-refractivity contribution >= 4 is 0 Å². The van der Waals surface area contributed by atoms with E-state index in [0.29, 0.717) is 0 Å². The molecule has 0 fully saturated rings. The highest BCUT2D eigenvalue weighted by Gasteiger charge is 2.07. The normalized spacial score (nSPS) is 10.4. The van der Waals surface area contributed by atoms with Crippen LogP contribution in [-0.2, 0) is 0 Å². The van der Waals surface area contributed by atoms with Crippen molar-refractivity contribution in [2.75, 3.05) is 0 Å². The molecule has 2 nitrogen and oxygen atoms in total. The second-order valence-electron chi connectivity index (χ2n) is 3.76. The van der Waals surface area contributed by atoms with Crippen molar-refractivity contribution in [2.45, 2.75) is 0 Å². The van der Waals surface area contributed by atoms with Crippen LogP contribution in [0, 0.1) is 6.07 Å². The van der Waals surface area contributed by atoms with E-state index in [4.69, 9.17) is 0 Å². The average Bonchev–Trinajstić information content (AvgIpc) is 2.94. The third-order valence-corrected chi connectivity index (χ3v) is 2.68. The lowest BCUT2D eigenvalue weighted by molar-refractivity contribution is 1.31. The summed E-state index contributed by atoms with van der Waals surface area (Å²) in [6.45, 7) is 0. The molecule has 1 aromatic heterocycles. The Morgan fingerprint density at radius 2 is 1.88 bits per heavy atom. The van der Waals surface area contributed by atoms with E-state index in [1.165, 1.54) is 5.56 Å². The van der Waals surface area contributed by atoms with Crippen LogP contribution >= 0.6 is 0 Å². The zero-order valence-corrected chi connectivity index (χ0v) is 9.22. The van der Waals surface area contributed by atoms with Crippen molar-refractivity contribution in [3.05, 3.63) is 67.0 Å². The van der Waals surface area contributed by atoms with Crippen LogP contribution < -0.4 is 0 Å². The van der Waals surface area contributed by atoms with Gasteiger partial charge in [-0.25, -0.2) is 4.98 Å². The van der Waals surface area contributed by atoms with Crippen molar-refractivity contribution in [3.8, 4) is 22.5 Å². The van der Waals surface area contributed by atoms with Gasteiger partial charge in [0.25, 0.3) is 0 Å². The lowest BCUT2D eigenvalue weighted by Crippen LogP contribution is -1.86. The van der Waals surface area contributed by atoms with Crippen LogP contribution in [0.5, 0.6) is 0 Å². The number of hydrogen-bond acceptors (Lipinski definition) is 1. The minimum absolute atomic E-state index is 0.851. The van der Waals surface area contributed by atoms with E-state index < -0.39 is 0 Å². The van der Waals surface area contributed by atoms with E-state index in [0.717, 1.165) is 17.0 Å². The third kappa shape index (κ3) is 1.85. The van der Waals surface area contributed by atoms with Gasteiger partial charge in [-0.3, -0.25) is 0 Å². The summed E-state index contributed by atoms with van der Waals surface area (Å²) in [4.78, 5) is 7.41. The average molecular weight is 219 g/mol. The lowest BCUT2D eigenvalue weighted by atomic mass is 9.99. The number of aromatic nitrogens is 2. The van der Waals surface area contributed by atoms with E-state index in [9.17, 15) is 0 Å². The molecule has 1 heterocycles. The summed E-state index contributed by atoms with van der Waals surface area (Å²) in [5.74, 6) is 0.851. The molecular weight excluding hydrogens is 208 g/mol. The number of H-pyrrole nitrogens is 1. The first-order valence-electron chi connectivity index (χ1n) is 5.51. The number of imidazole rings is 1. The molecule has 0 bridgehead atoms. The Balaban J connectivity index is 2.18. The zero-order valence-electron chi connectivity index (χ0n) is 9.22. The van der Waals surface area contributed by atoms with Gasteiger partial charge < -0.3 is 4.98 Å². The molecule has 3 aromatic rings. The molecule has 0 aliphatic rings. The largest absolute Gasteiger partial charge is 0.345 e. The summed E-state index contributed by atoms with van der Waals surface area (Å²) < 4.78 is 0. The third-order valence-electron chi connectivity index (χ3n) is 2.68. The summed E-state index contributed by atoms with van der Waals surface area (Å²) in [7, 11) is 0. The molecule has 0 atom stereocenters. The van der Waals surface area contributed by atoms with E-state index in [-0.39, 0.29) is 0 Å². The first-order valence-corrected chi connectivity index (χ1v) is 5.51. The van der Waals surface area contributed by atoms with Gasteiger partial charge in [0.15, 0.2) is 0 Å². The molecule has 0 amide bonds. The van der Waals surface area contributed by atoms with Gasteiger partial charge in [0.1, 0.15) is 5.82 Å². The zero-order chi connectivity index (χ0) is 11.5. The van der Waals surface area contributed by atoms with E-state index >= 15 is 0 Å². The fraction of sp³-hybridized carbons (Fsp3) is 0. The Labute approximate surface area is 100.0 Å². The second kappa shape index (κ2) is 4.26. The Morgan fingerprint density at radius 1 is 1.00 bits per heavy atom. The molecule has 81 valence electrons. The van der Waals surface area contributed by atoms with Crippen LogP contribution in [-0.4, -0.2) is 9.97 Å². The fourth-order valence-corrected chi connectivity index (χ4v) is 1.89. The smallest absolute Gasteiger partial charge is 0.138 e. The van der Waals surface area contributed by atoms with Gasteiger partial charge in [-0.15, -0.1) is 0 Å². The van der Waals surface area contributed by atoms with Gasteiger partial charge in [-0.2, -0.15) is 0 Å². The Kier molecular flexibility index (Phi) is 2.47. The Morgan fingerprint density at radius 3 is 2.65 bits per heavy atom. The number of nitrogens with one attached hydrogen (secondary N) is 1. The molecule has 2 aromatic carbocycles. The number of nitrogens with zero attached hydrogens (tertiary/aromatic N) is 1. The van der Waals surface area contributed by atoms with Crippen molar-refractivity contribution in [1.82, 2.24) is 9.97 Å². The van der Waals surface area contributed by atoms with Gasteiger partial charge in [0.2, 0.25) is 0 Å². The molecule has 0 aliphatic heterocycles. The maximum absolute atomic E-state index is 4.29. The van der Waals surface area contributed by atoms with Crippen molar-refractivity contribution in [3.63, 3.8) is 0 Å². The maximum Gasteiger partial charge on any atom is 0.138 e. The number of hydrogen-bond donors (Lipinski definition) is 1. The minimum Gasteiger partial charge on any atom is -0.345 e. The minimum atomic E-state index is 0.851. The van der Waals surface area contributed by atoms with E-state index in [1.807, 2.05) is 36.5 Å². The van der Waals surface area contributed by atoms with Gasteiger partial charge in [-0.1, -0.05) is 48.5 Å². The van der Waals surface area contributed by atoms with E-state index in [2.05, 4.69) is 34.2 Å². The summed E-state index contributed by atoms with van der Waals surface area (Å²) in [6, 6.07) is 19.5. The van der Waals surface area contributed by atoms with Crippen molar-refractivity contribution < 1.29 is 0 Å². The predicted molar refractivity (Wildman–Crippen MR) is 68.3 cm³/mol. The Bertz CT molecular complexity index is 598. The molecule has 0 spiro atoms. The summed E-state index contributed by atoms with van der Waals surface area (Å²) >= 11 is 0. The summed E-state index contributed by atoms with van der Waals surface area (Å²) in [5.41, 5.74) is 3.32. The molecule has 0 saturated carbocycles. The quantitative estimate of drug-likeness (QED) is 0.701. The first-order chi connectivity index (χ1) is 8.45. The lowest BCUT2D eigenvalue weighted by Gasteiger charge is -2.06.